The van der Waals surface area contributed by atoms with E-state index in [0.717, 1.165) is 52.5 Å². The number of aryl methyl sites for hydroxylation is 3. The van der Waals surface area contributed by atoms with Crippen LogP contribution in [0.5, 0.6) is 17.2 Å². The summed E-state index contributed by atoms with van der Waals surface area (Å²) in [6, 6.07) is 15.7. The number of hydrogen-bond acceptors (Lipinski definition) is 6. The van der Waals surface area contributed by atoms with E-state index in [0.29, 0.717) is 12.4 Å². The van der Waals surface area contributed by atoms with Crippen molar-refractivity contribution in [2.45, 2.75) is 33.4 Å². The number of aromatic nitrogens is 5. The van der Waals surface area contributed by atoms with Gasteiger partial charge in [0, 0.05) is 12.2 Å². The summed E-state index contributed by atoms with van der Waals surface area (Å²) in [4.78, 5) is 9.51. The Balaban J connectivity index is 1.43. The minimum atomic E-state index is 0.297. The lowest BCUT2D eigenvalue weighted by atomic mass is 10.1. The fraction of sp³-hybridized carbons (Fsp3) is 0.269. The Morgan fingerprint density at radius 3 is 2.47 bits per heavy atom. The smallest absolute Gasteiger partial charge is 0.189 e. The predicted octanol–water partition coefficient (Wildman–Crippen LogP) is 4.53. The molecule has 174 valence electrons. The second-order valence-corrected chi connectivity index (χ2v) is 8.14. The maximum Gasteiger partial charge on any atom is 0.189 e. The Morgan fingerprint density at radius 1 is 0.912 bits per heavy atom. The third-order valence-electron chi connectivity index (χ3n) is 6.17. The van der Waals surface area contributed by atoms with Crippen LogP contribution in [0.2, 0.25) is 0 Å². The van der Waals surface area contributed by atoms with Crippen molar-refractivity contribution in [2.24, 2.45) is 0 Å². The van der Waals surface area contributed by atoms with Crippen LogP contribution in [-0.4, -0.2) is 38.4 Å². The number of rotatable bonds is 8. The molecule has 0 saturated carbocycles. The Hall–Kier alpha value is -4.07. The molecule has 0 N–H and O–H groups in total. The van der Waals surface area contributed by atoms with Gasteiger partial charge in [-0.05, 0) is 55.7 Å². The standard InChI is InChI=1S/C26H27N5O3/c1-17-18(2)30(13-12-19-10-11-21(32-3)22(14-19)33-4)25-24(17)26-28-23(29-31(26)16-27-25)15-34-20-8-6-5-7-9-20/h5-11,14,16H,12-13,15H2,1-4H3. The van der Waals surface area contributed by atoms with Crippen molar-refractivity contribution in [1.82, 2.24) is 24.1 Å². The number of benzene rings is 2. The number of fused-ring (bicyclic) bond motifs is 3. The van der Waals surface area contributed by atoms with Crippen molar-refractivity contribution in [1.29, 1.82) is 0 Å². The lowest BCUT2D eigenvalue weighted by Gasteiger charge is -2.11. The molecule has 8 heteroatoms. The molecule has 34 heavy (non-hydrogen) atoms. The predicted molar refractivity (Wildman–Crippen MR) is 130 cm³/mol. The highest BCUT2D eigenvalue weighted by atomic mass is 16.5. The lowest BCUT2D eigenvalue weighted by molar-refractivity contribution is 0.296. The van der Waals surface area contributed by atoms with Gasteiger partial charge < -0.3 is 18.8 Å². The van der Waals surface area contributed by atoms with Crippen LogP contribution in [0.25, 0.3) is 16.7 Å². The molecule has 0 atom stereocenters. The van der Waals surface area contributed by atoms with E-state index in [1.54, 1.807) is 25.1 Å². The molecule has 5 rings (SSSR count). The highest BCUT2D eigenvalue weighted by Gasteiger charge is 2.18. The highest BCUT2D eigenvalue weighted by Crippen LogP contribution is 2.30. The van der Waals surface area contributed by atoms with Crippen LogP contribution in [-0.2, 0) is 19.6 Å². The Kier molecular flexibility index (Phi) is 5.79. The van der Waals surface area contributed by atoms with Crippen LogP contribution >= 0.6 is 0 Å². The Labute approximate surface area is 197 Å². The monoisotopic (exact) mass is 457 g/mol. The van der Waals surface area contributed by atoms with E-state index in [-0.39, 0.29) is 0 Å². The van der Waals surface area contributed by atoms with Crippen LogP contribution in [0.15, 0.2) is 54.9 Å². The first-order valence-corrected chi connectivity index (χ1v) is 11.2. The minimum absolute atomic E-state index is 0.297. The number of para-hydroxylation sites is 1. The molecule has 0 radical (unpaired) electrons. The summed E-state index contributed by atoms with van der Waals surface area (Å²) in [6.07, 6.45) is 2.56. The van der Waals surface area contributed by atoms with Crippen molar-refractivity contribution in [2.75, 3.05) is 14.2 Å². The molecule has 0 aliphatic rings. The molecule has 0 fully saturated rings. The van der Waals surface area contributed by atoms with E-state index in [4.69, 9.17) is 24.2 Å². The average molecular weight is 458 g/mol. The summed E-state index contributed by atoms with van der Waals surface area (Å²) in [5, 5.41) is 5.59. The van der Waals surface area contributed by atoms with Gasteiger partial charge in [0.1, 0.15) is 24.3 Å². The number of methoxy groups -OCH3 is 2. The van der Waals surface area contributed by atoms with Crippen molar-refractivity contribution >= 4 is 16.7 Å². The van der Waals surface area contributed by atoms with Crippen molar-refractivity contribution < 1.29 is 14.2 Å². The molecule has 0 aliphatic carbocycles. The van der Waals surface area contributed by atoms with Gasteiger partial charge in [0.2, 0.25) is 0 Å². The van der Waals surface area contributed by atoms with Gasteiger partial charge in [-0.25, -0.2) is 14.5 Å². The van der Waals surface area contributed by atoms with E-state index in [2.05, 4.69) is 29.6 Å². The minimum Gasteiger partial charge on any atom is -0.493 e. The molecule has 8 nitrogen and oxygen atoms in total. The summed E-state index contributed by atoms with van der Waals surface area (Å²) < 4.78 is 20.6. The summed E-state index contributed by atoms with van der Waals surface area (Å²) in [6.45, 7) is 5.32. The molecule has 3 heterocycles. The average Bonchev–Trinajstić information content (AvgIpc) is 3.40. The van der Waals surface area contributed by atoms with Crippen molar-refractivity contribution in [3.8, 4) is 17.2 Å². The van der Waals surface area contributed by atoms with Crippen LogP contribution < -0.4 is 14.2 Å². The summed E-state index contributed by atoms with van der Waals surface area (Å²) in [7, 11) is 3.30. The molecule has 0 spiro atoms. The van der Waals surface area contributed by atoms with Crippen LogP contribution in [0.1, 0.15) is 22.6 Å². The molecule has 0 amide bonds. The quantitative estimate of drug-likeness (QED) is 0.341. The molecular formula is C26H27N5O3. The number of ether oxygens (including phenoxy) is 3. The van der Waals surface area contributed by atoms with Gasteiger partial charge in [0.05, 0.1) is 19.6 Å². The molecular weight excluding hydrogens is 430 g/mol. The van der Waals surface area contributed by atoms with E-state index >= 15 is 0 Å². The first-order valence-electron chi connectivity index (χ1n) is 11.2. The Bertz CT molecular complexity index is 1460. The van der Waals surface area contributed by atoms with Gasteiger partial charge in [-0.15, -0.1) is 5.10 Å². The van der Waals surface area contributed by atoms with Gasteiger partial charge in [0.25, 0.3) is 0 Å². The molecule has 3 aromatic heterocycles. The van der Waals surface area contributed by atoms with E-state index < -0.39 is 0 Å². The van der Waals surface area contributed by atoms with Gasteiger partial charge >= 0.3 is 0 Å². The normalized spacial score (nSPS) is 11.3. The largest absolute Gasteiger partial charge is 0.493 e. The number of hydrogen-bond donors (Lipinski definition) is 0. The third kappa shape index (κ3) is 3.91. The summed E-state index contributed by atoms with van der Waals surface area (Å²) >= 11 is 0. The van der Waals surface area contributed by atoms with E-state index in [1.807, 2.05) is 42.5 Å². The second-order valence-electron chi connectivity index (χ2n) is 8.14. The summed E-state index contributed by atoms with van der Waals surface area (Å²) in [5.41, 5.74) is 5.19. The zero-order chi connectivity index (χ0) is 23.7. The van der Waals surface area contributed by atoms with Crippen LogP contribution in [0.4, 0.5) is 0 Å². The van der Waals surface area contributed by atoms with Gasteiger partial charge in [0.15, 0.2) is 23.0 Å². The first kappa shape index (κ1) is 21.8. The molecule has 2 aromatic carbocycles. The topological polar surface area (TPSA) is 75.7 Å². The van der Waals surface area contributed by atoms with Crippen LogP contribution in [0, 0.1) is 13.8 Å². The second kappa shape index (κ2) is 9.05. The highest BCUT2D eigenvalue weighted by molar-refractivity contribution is 5.93. The summed E-state index contributed by atoms with van der Waals surface area (Å²) in [5.74, 6) is 2.87. The zero-order valence-electron chi connectivity index (χ0n) is 19.8. The fourth-order valence-corrected chi connectivity index (χ4v) is 4.25. The fourth-order valence-electron chi connectivity index (χ4n) is 4.25. The van der Waals surface area contributed by atoms with Gasteiger partial charge in [-0.2, -0.15) is 0 Å². The third-order valence-corrected chi connectivity index (χ3v) is 6.17. The SMILES string of the molecule is COc1ccc(CCn2c(C)c(C)c3c2ncn2nc(COc4ccccc4)nc32)cc1OC. The van der Waals surface area contributed by atoms with Crippen molar-refractivity contribution in [3.05, 3.63) is 77.5 Å². The van der Waals surface area contributed by atoms with Crippen molar-refractivity contribution in [3.63, 3.8) is 0 Å². The first-order chi connectivity index (χ1) is 16.6. The number of nitrogens with zero attached hydrogens (tertiary/aromatic N) is 5. The van der Waals surface area contributed by atoms with Crippen LogP contribution in [0.3, 0.4) is 0 Å². The van der Waals surface area contributed by atoms with Gasteiger partial charge in [-0.1, -0.05) is 24.3 Å². The molecule has 0 unspecified atom stereocenters. The maximum atomic E-state index is 5.83. The molecule has 5 aromatic rings. The molecule has 0 aliphatic heterocycles. The molecule has 0 bridgehead atoms. The lowest BCUT2D eigenvalue weighted by Crippen LogP contribution is -2.05. The van der Waals surface area contributed by atoms with E-state index in [1.165, 1.54) is 11.3 Å². The Morgan fingerprint density at radius 2 is 1.71 bits per heavy atom. The zero-order valence-corrected chi connectivity index (χ0v) is 19.8. The van der Waals surface area contributed by atoms with E-state index in [9.17, 15) is 0 Å². The maximum absolute atomic E-state index is 5.83. The molecule has 0 saturated heterocycles. The van der Waals surface area contributed by atoms with Gasteiger partial charge in [-0.3, -0.25) is 0 Å².